The molecule has 5 heteroatoms. The van der Waals surface area contributed by atoms with Crippen LogP contribution < -0.4 is 10.2 Å². The van der Waals surface area contributed by atoms with Gasteiger partial charge in [-0.1, -0.05) is 0 Å². The highest BCUT2D eigenvalue weighted by atomic mass is 32.2. The summed E-state index contributed by atoms with van der Waals surface area (Å²) in [6, 6.07) is 8.31. The highest BCUT2D eigenvalue weighted by molar-refractivity contribution is 7.99. The van der Waals surface area contributed by atoms with Gasteiger partial charge in [0.15, 0.2) is 0 Å². The average molecular weight is 319 g/mol. The van der Waals surface area contributed by atoms with Gasteiger partial charge in [0.05, 0.1) is 0 Å². The molecule has 0 aromatic heterocycles. The Morgan fingerprint density at radius 3 is 2.36 bits per heavy atom. The van der Waals surface area contributed by atoms with Crippen LogP contribution in [0.3, 0.4) is 0 Å². The molecular weight excluding hydrogens is 294 g/mol. The molecule has 0 saturated carbocycles. The van der Waals surface area contributed by atoms with Crippen molar-refractivity contribution in [3.8, 4) is 0 Å². The first-order chi connectivity index (χ1) is 10.7. The Labute approximate surface area is 137 Å². The molecule has 1 aromatic carbocycles. The van der Waals surface area contributed by atoms with Crippen LogP contribution in [-0.2, 0) is 4.79 Å². The molecule has 0 radical (unpaired) electrons. The summed E-state index contributed by atoms with van der Waals surface area (Å²) in [7, 11) is 2.17. The van der Waals surface area contributed by atoms with E-state index < -0.39 is 0 Å². The van der Waals surface area contributed by atoms with Crippen LogP contribution in [0, 0.1) is 5.92 Å². The number of amides is 1. The van der Waals surface area contributed by atoms with E-state index in [1.807, 2.05) is 23.9 Å². The molecule has 0 bridgehead atoms. The van der Waals surface area contributed by atoms with Crippen LogP contribution in [0.2, 0.25) is 0 Å². The Morgan fingerprint density at radius 1 is 1.09 bits per heavy atom. The molecule has 1 amide bonds. The maximum Gasteiger partial charge on any atom is 0.227 e. The van der Waals surface area contributed by atoms with Gasteiger partial charge in [-0.3, -0.25) is 4.79 Å². The van der Waals surface area contributed by atoms with E-state index in [1.165, 1.54) is 5.69 Å². The summed E-state index contributed by atoms with van der Waals surface area (Å²) >= 11 is 1.95. The second-order valence-electron chi connectivity index (χ2n) is 6.21. The third-order valence-electron chi connectivity index (χ3n) is 4.60. The topological polar surface area (TPSA) is 35.6 Å². The lowest BCUT2D eigenvalue weighted by Gasteiger charge is -2.34. The van der Waals surface area contributed by atoms with Crippen molar-refractivity contribution in [3.05, 3.63) is 24.3 Å². The zero-order valence-corrected chi connectivity index (χ0v) is 14.1. The summed E-state index contributed by atoms with van der Waals surface area (Å²) in [6.07, 6.45) is 2.02. The van der Waals surface area contributed by atoms with Crippen molar-refractivity contribution in [2.24, 2.45) is 5.92 Å². The number of carbonyl (C=O) groups is 1. The minimum atomic E-state index is 0.188. The molecule has 2 fully saturated rings. The number of piperazine rings is 1. The Morgan fingerprint density at radius 2 is 1.73 bits per heavy atom. The lowest BCUT2D eigenvalue weighted by molar-refractivity contribution is -0.120. The predicted molar refractivity (Wildman–Crippen MR) is 94.8 cm³/mol. The molecule has 0 spiro atoms. The number of nitrogens with one attached hydrogen (secondary N) is 1. The maximum absolute atomic E-state index is 12.3. The fourth-order valence-electron chi connectivity index (χ4n) is 3.02. The number of likely N-dealkylation sites (N-methyl/N-ethyl adjacent to an activating group) is 1. The number of nitrogens with zero attached hydrogens (tertiary/aromatic N) is 2. The van der Waals surface area contributed by atoms with Crippen LogP contribution >= 0.6 is 11.8 Å². The number of thioether (sulfide) groups is 1. The van der Waals surface area contributed by atoms with Gasteiger partial charge in [0, 0.05) is 43.5 Å². The number of carbonyl (C=O) groups excluding carboxylic acids is 1. The molecule has 22 heavy (non-hydrogen) atoms. The molecule has 120 valence electrons. The van der Waals surface area contributed by atoms with E-state index in [-0.39, 0.29) is 11.8 Å². The van der Waals surface area contributed by atoms with Crippen LogP contribution in [0.1, 0.15) is 12.8 Å². The number of hydrogen-bond donors (Lipinski definition) is 1. The molecule has 0 unspecified atom stereocenters. The fourth-order valence-corrected chi connectivity index (χ4v) is 4.13. The van der Waals surface area contributed by atoms with Gasteiger partial charge in [-0.25, -0.2) is 0 Å². The lowest BCUT2D eigenvalue weighted by Crippen LogP contribution is -2.44. The second kappa shape index (κ2) is 7.38. The van der Waals surface area contributed by atoms with Gasteiger partial charge < -0.3 is 15.1 Å². The van der Waals surface area contributed by atoms with E-state index in [2.05, 4.69) is 34.3 Å². The minimum absolute atomic E-state index is 0.188. The molecule has 2 aliphatic heterocycles. The Hall–Kier alpha value is -1.20. The van der Waals surface area contributed by atoms with Crippen molar-refractivity contribution in [1.82, 2.24) is 4.90 Å². The van der Waals surface area contributed by atoms with Crippen LogP contribution in [0.25, 0.3) is 0 Å². The summed E-state index contributed by atoms with van der Waals surface area (Å²) in [6.45, 7) is 4.36. The van der Waals surface area contributed by atoms with Crippen molar-refractivity contribution in [1.29, 1.82) is 0 Å². The number of rotatable bonds is 3. The predicted octanol–water partition coefficient (Wildman–Crippen LogP) is 2.52. The Bertz CT molecular complexity index is 491. The summed E-state index contributed by atoms with van der Waals surface area (Å²) in [4.78, 5) is 17.0. The van der Waals surface area contributed by atoms with Crippen molar-refractivity contribution in [3.63, 3.8) is 0 Å². The van der Waals surface area contributed by atoms with Gasteiger partial charge in [0.1, 0.15) is 0 Å². The SMILES string of the molecule is CN1CCN(c2ccc(NC(=O)C3CCSCC3)cc2)CC1. The van der Waals surface area contributed by atoms with E-state index >= 15 is 0 Å². The quantitative estimate of drug-likeness (QED) is 0.929. The molecule has 2 aliphatic rings. The zero-order valence-electron chi connectivity index (χ0n) is 13.3. The van der Waals surface area contributed by atoms with Crippen LogP contribution in [-0.4, -0.2) is 55.5 Å². The summed E-state index contributed by atoms with van der Waals surface area (Å²) in [5.74, 6) is 2.60. The van der Waals surface area contributed by atoms with Crippen molar-refractivity contribution >= 4 is 29.0 Å². The smallest absolute Gasteiger partial charge is 0.227 e. The minimum Gasteiger partial charge on any atom is -0.369 e. The largest absolute Gasteiger partial charge is 0.369 e. The monoisotopic (exact) mass is 319 g/mol. The molecule has 0 atom stereocenters. The van der Waals surface area contributed by atoms with E-state index in [9.17, 15) is 4.79 Å². The zero-order chi connectivity index (χ0) is 15.4. The van der Waals surface area contributed by atoms with Gasteiger partial charge >= 0.3 is 0 Å². The summed E-state index contributed by atoms with van der Waals surface area (Å²) < 4.78 is 0. The van der Waals surface area contributed by atoms with Gasteiger partial charge in [0.25, 0.3) is 0 Å². The third kappa shape index (κ3) is 3.96. The Balaban J connectivity index is 1.56. The Kier molecular flexibility index (Phi) is 5.26. The molecule has 0 aliphatic carbocycles. The molecular formula is C17H25N3OS. The molecule has 4 nitrogen and oxygen atoms in total. The van der Waals surface area contributed by atoms with Gasteiger partial charge in [0.2, 0.25) is 5.91 Å². The van der Waals surface area contributed by atoms with E-state index in [4.69, 9.17) is 0 Å². The van der Waals surface area contributed by atoms with Crippen molar-refractivity contribution < 1.29 is 4.79 Å². The molecule has 1 N–H and O–H groups in total. The molecule has 2 saturated heterocycles. The lowest BCUT2D eigenvalue weighted by atomic mass is 10.0. The summed E-state index contributed by atoms with van der Waals surface area (Å²) in [5, 5.41) is 3.07. The third-order valence-corrected chi connectivity index (χ3v) is 5.64. The molecule has 3 rings (SSSR count). The number of hydrogen-bond acceptors (Lipinski definition) is 4. The highest BCUT2D eigenvalue weighted by Crippen LogP contribution is 2.25. The highest BCUT2D eigenvalue weighted by Gasteiger charge is 2.21. The van der Waals surface area contributed by atoms with Gasteiger partial charge in [-0.15, -0.1) is 0 Å². The summed E-state index contributed by atoms with van der Waals surface area (Å²) in [5.41, 5.74) is 2.17. The maximum atomic E-state index is 12.3. The standard InChI is InChI=1S/C17H25N3OS/c1-19-8-10-20(11-9-19)16-4-2-15(3-5-16)18-17(21)14-6-12-22-13-7-14/h2-5,14H,6-13H2,1H3,(H,18,21). The first kappa shape index (κ1) is 15.7. The second-order valence-corrected chi connectivity index (χ2v) is 7.44. The van der Waals surface area contributed by atoms with Gasteiger partial charge in [-0.2, -0.15) is 11.8 Å². The van der Waals surface area contributed by atoms with E-state index in [1.54, 1.807) is 0 Å². The van der Waals surface area contributed by atoms with E-state index in [0.29, 0.717) is 0 Å². The fraction of sp³-hybridized carbons (Fsp3) is 0.588. The average Bonchev–Trinajstić information content (AvgIpc) is 2.57. The van der Waals surface area contributed by atoms with Crippen LogP contribution in [0.5, 0.6) is 0 Å². The normalized spacial score (nSPS) is 20.9. The van der Waals surface area contributed by atoms with Gasteiger partial charge in [-0.05, 0) is 55.7 Å². The molecule has 2 heterocycles. The molecule has 1 aromatic rings. The number of benzene rings is 1. The first-order valence-corrected chi connectivity index (χ1v) is 9.30. The number of anilines is 2. The first-order valence-electron chi connectivity index (χ1n) is 8.14. The van der Waals surface area contributed by atoms with Crippen LogP contribution in [0.4, 0.5) is 11.4 Å². The van der Waals surface area contributed by atoms with Crippen LogP contribution in [0.15, 0.2) is 24.3 Å². The van der Waals surface area contributed by atoms with Crippen molar-refractivity contribution in [2.45, 2.75) is 12.8 Å². The van der Waals surface area contributed by atoms with Crippen molar-refractivity contribution in [2.75, 3.05) is 54.9 Å². The van der Waals surface area contributed by atoms with E-state index in [0.717, 1.165) is 56.2 Å².